The van der Waals surface area contributed by atoms with Gasteiger partial charge in [-0.2, -0.15) is 0 Å². The summed E-state index contributed by atoms with van der Waals surface area (Å²) in [5.74, 6) is -0.537. The Morgan fingerprint density at radius 1 is 1.47 bits per heavy atom. The summed E-state index contributed by atoms with van der Waals surface area (Å²) in [5, 5.41) is 12.5. The molecule has 1 aromatic carbocycles. The number of benzene rings is 1. The number of nitrogens with one attached hydrogen (secondary N) is 1. The Balaban J connectivity index is 1.82. The molecule has 2 atom stereocenters. The van der Waals surface area contributed by atoms with E-state index < -0.39 is 5.82 Å². The lowest BCUT2D eigenvalue weighted by atomic mass is 10.1. The molecule has 104 valence electrons. The molecule has 1 aliphatic rings. The third-order valence-corrected chi connectivity index (χ3v) is 3.84. The van der Waals surface area contributed by atoms with Crippen LogP contribution in [0.3, 0.4) is 0 Å². The van der Waals surface area contributed by atoms with E-state index in [2.05, 4.69) is 5.32 Å². The van der Waals surface area contributed by atoms with Crippen molar-refractivity contribution >= 4 is 17.5 Å². The monoisotopic (exact) mass is 285 g/mol. The molecule has 1 fully saturated rings. The van der Waals surface area contributed by atoms with E-state index in [0.29, 0.717) is 12.1 Å². The molecule has 1 aliphatic carbocycles. The fourth-order valence-electron chi connectivity index (χ4n) is 2.40. The van der Waals surface area contributed by atoms with Crippen molar-refractivity contribution in [3.05, 3.63) is 34.6 Å². The fraction of sp³-hybridized carbons (Fsp3) is 0.500. The van der Waals surface area contributed by atoms with Crippen LogP contribution in [0.1, 0.15) is 24.8 Å². The molecule has 0 bridgehead atoms. The first-order chi connectivity index (χ1) is 9.06. The zero-order chi connectivity index (χ0) is 13.8. The Labute approximate surface area is 116 Å². The minimum atomic E-state index is -0.516. The number of carbonyl (C=O) groups is 1. The van der Waals surface area contributed by atoms with Crippen LogP contribution in [0, 0.1) is 11.7 Å². The van der Waals surface area contributed by atoms with Crippen LogP contribution in [0.25, 0.3) is 0 Å². The summed E-state index contributed by atoms with van der Waals surface area (Å²) in [4.78, 5) is 11.7. The lowest BCUT2D eigenvalue weighted by Gasteiger charge is -2.15. The molecule has 1 amide bonds. The Morgan fingerprint density at radius 2 is 2.26 bits per heavy atom. The average Bonchev–Trinajstić information content (AvgIpc) is 2.77. The third kappa shape index (κ3) is 3.91. The Morgan fingerprint density at radius 3 is 2.89 bits per heavy atom. The van der Waals surface area contributed by atoms with Crippen LogP contribution < -0.4 is 5.32 Å². The van der Waals surface area contributed by atoms with E-state index in [1.165, 1.54) is 12.1 Å². The molecule has 19 heavy (non-hydrogen) atoms. The fourth-order valence-corrected chi connectivity index (χ4v) is 2.52. The molecule has 3 nitrogen and oxygen atoms in total. The van der Waals surface area contributed by atoms with Gasteiger partial charge >= 0.3 is 0 Å². The number of carbonyl (C=O) groups excluding carboxylic acids is 1. The number of aliphatic hydroxyl groups excluding tert-OH is 1. The molecule has 0 spiro atoms. The van der Waals surface area contributed by atoms with Gasteiger partial charge in [0.15, 0.2) is 0 Å². The molecule has 0 aromatic heterocycles. The standard InChI is InChI=1S/C14H17ClFNO2/c15-11-5-4-9(6-12(11)16)7-14(19)17-8-10-2-1-3-13(10)18/h4-6,10,13,18H,1-3,7-8H2,(H,17,19)/t10-,13+/m0/s1. The maximum Gasteiger partial charge on any atom is 0.224 e. The van der Waals surface area contributed by atoms with E-state index in [1.807, 2.05) is 0 Å². The van der Waals surface area contributed by atoms with Gasteiger partial charge in [-0.3, -0.25) is 4.79 Å². The quantitative estimate of drug-likeness (QED) is 0.892. The van der Waals surface area contributed by atoms with Crippen LogP contribution in [0.2, 0.25) is 5.02 Å². The van der Waals surface area contributed by atoms with E-state index in [1.54, 1.807) is 6.07 Å². The van der Waals surface area contributed by atoms with Crippen LogP contribution >= 0.6 is 11.6 Å². The summed E-state index contributed by atoms with van der Waals surface area (Å²) >= 11 is 5.58. The van der Waals surface area contributed by atoms with Crippen molar-refractivity contribution in [2.75, 3.05) is 6.54 Å². The highest BCUT2D eigenvalue weighted by molar-refractivity contribution is 6.30. The van der Waals surface area contributed by atoms with Gasteiger partial charge in [0.25, 0.3) is 0 Å². The minimum Gasteiger partial charge on any atom is -0.393 e. The van der Waals surface area contributed by atoms with Crippen molar-refractivity contribution in [3.8, 4) is 0 Å². The second-order valence-electron chi connectivity index (χ2n) is 4.99. The van der Waals surface area contributed by atoms with Gasteiger partial charge in [-0.1, -0.05) is 24.1 Å². The summed E-state index contributed by atoms with van der Waals surface area (Å²) in [6, 6.07) is 4.35. The number of aliphatic hydroxyl groups is 1. The van der Waals surface area contributed by atoms with E-state index in [4.69, 9.17) is 11.6 Å². The second-order valence-corrected chi connectivity index (χ2v) is 5.39. The number of amides is 1. The molecule has 2 rings (SSSR count). The zero-order valence-corrected chi connectivity index (χ0v) is 11.3. The lowest BCUT2D eigenvalue weighted by Crippen LogP contribution is -2.33. The molecule has 0 unspecified atom stereocenters. The van der Waals surface area contributed by atoms with Gasteiger partial charge < -0.3 is 10.4 Å². The van der Waals surface area contributed by atoms with Crippen molar-refractivity contribution in [2.24, 2.45) is 5.92 Å². The van der Waals surface area contributed by atoms with E-state index in [-0.39, 0.29) is 29.4 Å². The van der Waals surface area contributed by atoms with Crippen molar-refractivity contribution in [1.29, 1.82) is 0 Å². The first-order valence-corrected chi connectivity index (χ1v) is 6.83. The molecule has 1 aromatic rings. The van der Waals surface area contributed by atoms with Gasteiger partial charge in [-0.25, -0.2) is 4.39 Å². The van der Waals surface area contributed by atoms with Gasteiger partial charge in [0.05, 0.1) is 17.5 Å². The maximum atomic E-state index is 13.2. The Bertz CT molecular complexity index is 467. The Kier molecular flexibility index (Phi) is 4.77. The molecular weight excluding hydrogens is 269 g/mol. The normalized spacial score (nSPS) is 22.5. The van der Waals surface area contributed by atoms with Crippen LogP contribution in [-0.2, 0) is 11.2 Å². The molecule has 2 N–H and O–H groups in total. The van der Waals surface area contributed by atoms with Gasteiger partial charge in [0.1, 0.15) is 5.82 Å². The molecule has 0 saturated heterocycles. The van der Waals surface area contributed by atoms with E-state index >= 15 is 0 Å². The molecule has 0 radical (unpaired) electrons. The topological polar surface area (TPSA) is 49.3 Å². The maximum absolute atomic E-state index is 13.2. The summed E-state index contributed by atoms with van der Waals surface area (Å²) in [7, 11) is 0. The Hall–Kier alpha value is -1.13. The van der Waals surface area contributed by atoms with E-state index in [0.717, 1.165) is 19.3 Å². The van der Waals surface area contributed by atoms with Gasteiger partial charge in [0.2, 0.25) is 5.91 Å². The van der Waals surface area contributed by atoms with Crippen molar-refractivity contribution in [2.45, 2.75) is 31.8 Å². The van der Waals surface area contributed by atoms with Gasteiger partial charge in [0, 0.05) is 12.5 Å². The first kappa shape index (κ1) is 14.3. The number of rotatable bonds is 4. The highest BCUT2D eigenvalue weighted by Crippen LogP contribution is 2.24. The number of hydrogen-bond donors (Lipinski definition) is 2. The summed E-state index contributed by atoms with van der Waals surface area (Å²) in [6.45, 7) is 0.482. The summed E-state index contributed by atoms with van der Waals surface area (Å²) in [5.41, 5.74) is 0.589. The molecule has 0 aliphatic heterocycles. The third-order valence-electron chi connectivity index (χ3n) is 3.53. The SMILES string of the molecule is O=C(Cc1ccc(Cl)c(F)c1)NC[C@@H]1CCC[C@H]1O. The summed E-state index contributed by atoms with van der Waals surface area (Å²) in [6.07, 6.45) is 2.56. The second kappa shape index (κ2) is 6.35. The van der Waals surface area contributed by atoms with Crippen LogP contribution in [-0.4, -0.2) is 23.7 Å². The zero-order valence-electron chi connectivity index (χ0n) is 10.5. The predicted octanol–water partition coefficient (Wildman–Crippen LogP) is 2.30. The van der Waals surface area contributed by atoms with Gasteiger partial charge in [-0.15, -0.1) is 0 Å². The molecular formula is C14H17ClFNO2. The minimum absolute atomic E-state index is 0.0539. The smallest absolute Gasteiger partial charge is 0.224 e. The number of hydrogen-bond acceptors (Lipinski definition) is 2. The largest absolute Gasteiger partial charge is 0.393 e. The first-order valence-electron chi connectivity index (χ1n) is 6.45. The molecule has 1 saturated carbocycles. The van der Waals surface area contributed by atoms with Gasteiger partial charge in [-0.05, 0) is 30.5 Å². The van der Waals surface area contributed by atoms with Crippen molar-refractivity contribution in [1.82, 2.24) is 5.32 Å². The van der Waals surface area contributed by atoms with Crippen molar-refractivity contribution < 1.29 is 14.3 Å². The average molecular weight is 286 g/mol. The number of halogens is 2. The van der Waals surface area contributed by atoms with Crippen LogP contribution in [0.4, 0.5) is 4.39 Å². The molecule has 0 heterocycles. The molecule has 5 heteroatoms. The highest BCUT2D eigenvalue weighted by atomic mass is 35.5. The predicted molar refractivity (Wildman–Crippen MR) is 71.5 cm³/mol. The van der Waals surface area contributed by atoms with E-state index in [9.17, 15) is 14.3 Å². The lowest BCUT2D eigenvalue weighted by molar-refractivity contribution is -0.120. The van der Waals surface area contributed by atoms with Crippen molar-refractivity contribution in [3.63, 3.8) is 0 Å². The summed E-state index contributed by atoms with van der Waals surface area (Å²) < 4.78 is 13.2. The van der Waals surface area contributed by atoms with Crippen LogP contribution in [0.5, 0.6) is 0 Å². The highest BCUT2D eigenvalue weighted by Gasteiger charge is 2.25. The van der Waals surface area contributed by atoms with Crippen LogP contribution in [0.15, 0.2) is 18.2 Å².